The van der Waals surface area contributed by atoms with Crippen LogP contribution < -0.4 is 4.74 Å². The van der Waals surface area contributed by atoms with E-state index in [2.05, 4.69) is 19.6 Å². The van der Waals surface area contributed by atoms with E-state index in [9.17, 15) is 14.7 Å². The number of rotatable bonds is 9. The Kier molecular flexibility index (Phi) is 7.55. The molecule has 1 unspecified atom stereocenters. The van der Waals surface area contributed by atoms with Crippen LogP contribution in [0.25, 0.3) is 0 Å². The largest absolute Gasteiger partial charge is 0.504 e. The number of Topliss-reactive ketones (excluding diaryl/α,β-unsaturated/α-hetero) is 1. The van der Waals surface area contributed by atoms with Crippen molar-refractivity contribution in [3.05, 3.63) is 95.1 Å². The number of carbonyl (C=O) groups is 2. The fourth-order valence-electron chi connectivity index (χ4n) is 8.97. The van der Waals surface area contributed by atoms with Gasteiger partial charge in [-0.05, 0) is 66.2 Å². The number of aromatic hydroxyl groups is 1. The number of hydrogen-bond acceptors (Lipinski definition) is 9. The lowest BCUT2D eigenvalue weighted by atomic mass is 9.54. The topological polar surface area (TPSA) is 110 Å². The van der Waals surface area contributed by atoms with Crippen LogP contribution in [0.3, 0.4) is 0 Å². The zero-order chi connectivity index (χ0) is 33.4. The van der Waals surface area contributed by atoms with Crippen LogP contribution in [-0.2, 0) is 46.1 Å². The Morgan fingerprint density at radius 1 is 1.09 bits per heavy atom. The summed E-state index contributed by atoms with van der Waals surface area (Å²) in [5.41, 5.74) is 0.849. The summed E-state index contributed by atoms with van der Waals surface area (Å²) in [6.45, 7) is 10.3. The molecule has 248 valence electrons. The monoisotopic (exact) mass is 642 g/mol. The van der Waals surface area contributed by atoms with Gasteiger partial charge in [0.25, 0.3) is 5.97 Å². The second kappa shape index (κ2) is 11.2. The van der Waals surface area contributed by atoms with Crippen molar-refractivity contribution >= 4 is 11.8 Å². The van der Waals surface area contributed by atoms with Crippen LogP contribution >= 0.6 is 0 Å². The summed E-state index contributed by atoms with van der Waals surface area (Å²) in [5, 5.41) is 9.95. The minimum absolute atomic E-state index is 0.0108. The predicted octanol–water partition coefficient (Wildman–Crippen LogP) is 5.40. The highest BCUT2D eigenvalue weighted by atomic mass is 16.9. The number of fused-ring (bicyclic) bond motifs is 2. The minimum Gasteiger partial charge on any atom is -0.504 e. The molecule has 8 atom stereocenters. The van der Waals surface area contributed by atoms with E-state index < -0.39 is 40.8 Å². The van der Waals surface area contributed by atoms with Gasteiger partial charge in [-0.25, -0.2) is 0 Å². The third kappa shape index (κ3) is 4.65. The second-order valence-electron chi connectivity index (χ2n) is 13.8. The molecule has 9 nitrogen and oxygen atoms in total. The van der Waals surface area contributed by atoms with E-state index in [1.54, 1.807) is 19.2 Å². The molecule has 3 aliphatic carbocycles. The van der Waals surface area contributed by atoms with E-state index in [0.717, 1.165) is 16.7 Å². The number of hydrogen-bond donors (Lipinski definition) is 1. The number of phenolic OH excluding ortho intramolecular Hbond substituents is 1. The van der Waals surface area contributed by atoms with Gasteiger partial charge < -0.3 is 33.5 Å². The van der Waals surface area contributed by atoms with Gasteiger partial charge in [-0.1, -0.05) is 62.1 Å². The van der Waals surface area contributed by atoms with Crippen molar-refractivity contribution in [1.29, 1.82) is 0 Å². The maximum atomic E-state index is 14.1. The average molecular weight is 643 g/mol. The number of carbonyl (C=O) groups excluding carboxylic acids is 2. The molecule has 1 saturated carbocycles. The fraction of sp³-hybridized carbons (Fsp3) is 0.474. The maximum absolute atomic E-state index is 14.1. The number of phenols is 1. The maximum Gasteiger partial charge on any atom is 0.310 e. The van der Waals surface area contributed by atoms with Crippen molar-refractivity contribution in [2.75, 3.05) is 20.8 Å². The molecule has 9 heteroatoms. The van der Waals surface area contributed by atoms with E-state index in [1.807, 2.05) is 50.3 Å². The van der Waals surface area contributed by atoms with Crippen LogP contribution in [0.15, 0.2) is 84.0 Å². The summed E-state index contributed by atoms with van der Waals surface area (Å²) in [5.74, 6) is -2.58. The first-order chi connectivity index (χ1) is 22.4. The molecule has 0 radical (unpaired) electrons. The number of ketones is 1. The number of esters is 1. The van der Waals surface area contributed by atoms with E-state index in [1.165, 1.54) is 13.2 Å². The lowest BCUT2D eigenvalue weighted by molar-refractivity contribution is -0.421. The Hall–Kier alpha value is -3.76. The molecule has 2 aliphatic heterocycles. The van der Waals surface area contributed by atoms with Crippen molar-refractivity contribution in [3.8, 4) is 11.5 Å². The molecule has 2 saturated heterocycles. The Morgan fingerprint density at radius 2 is 1.85 bits per heavy atom. The van der Waals surface area contributed by atoms with Crippen molar-refractivity contribution in [3.63, 3.8) is 0 Å². The molecule has 2 heterocycles. The molecule has 7 rings (SSSR count). The lowest BCUT2D eigenvalue weighted by Gasteiger charge is -2.59. The molecule has 3 bridgehead atoms. The van der Waals surface area contributed by atoms with E-state index in [4.69, 9.17) is 28.4 Å². The Balaban J connectivity index is 1.29. The summed E-state index contributed by atoms with van der Waals surface area (Å²) in [6, 6.07) is 14.7. The van der Waals surface area contributed by atoms with Crippen LogP contribution in [0.5, 0.6) is 11.5 Å². The van der Waals surface area contributed by atoms with Gasteiger partial charge in [0.2, 0.25) is 0 Å². The van der Waals surface area contributed by atoms with Gasteiger partial charge >= 0.3 is 5.97 Å². The van der Waals surface area contributed by atoms with Gasteiger partial charge in [-0.15, -0.1) is 0 Å². The first-order valence-electron chi connectivity index (χ1n) is 16.2. The van der Waals surface area contributed by atoms with Gasteiger partial charge in [-0.2, -0.15) is 0 Å². The SMILES string of the molecule is C=C(C)[C@]12C[C@@H](C)[C@@]34OC(Cc5ccccc5)(O[C@H]1[C@@H]3C=C(COC(=O)Cc1ccc(O)c(OC)c1)C[C@]1(OC)C(=O)C(C)=C[C@@H]41)O2. The van der Waals surface area contributed by atoms with Crippen LogP contribution in [-0.4, -0.2) is 66.6 Å². The molecule has 2 aromatic carbocycles. The van der Waals surface area contributed by atoms with Crippen molar-refractivity contribution < 1.29 is 43.1 Å². The number of methoxy groups -OCH3 is 2. The van der Waals surface area contributed by atoms with Gasteiger partial charge in [0.05, 0.1) is 25.6 Å². The summed E-state index contributed by atoms with van der Waals surface area (Å²) < 4.78 is 38.5. The smallest absolute Gasteiger partial charge is 0.310 e. The highest BCUT2D eigenvalue weighted by Gasteiger charge is 2.79. The van der Waals surface area contributed by atoms with Crippen LogP contribution in [0.2, 0.25) is 0 Å². The molecule has 0 aromatic heterocycles. The zero-order valence-electron chi connectivity index (χ0n) is 27.5. The summed E-state index contributed by atoms with van der Waals surface area (Å²) in [7, 11) is 3.03. The quantitative estimate of drug-likeness (QED) is 0.284. The molecule has 1 N–H and O–H groups in total. The van der Waals surface area contributed by atoms with Gasteiger partial charge in [0.15, 0.2) is 17.3 Å². The normalized spacial score (nSPS) is 36.6. The van der Waals surface area contributed by atoms with Crippen molar-refractivity contribution in [1.82, 2.24) is 0 Å². The fourth-order valence-corrected chi connectivity index (χ4v) is 8.97. The molecule has 0 amide bonds. The summed E-state index contributed by atoms with van der Waals surface area (Å²) in [4.78, 5) is 27.3. The van der Waals surface area contributed by atoms with E-state index >= 15 is 0 Å². The molecule has 3 fully saturated rings. The van der Waals surface area contributed by atoms with Gasteiger partial charge in [-0.3, -0.25) is 9.59 Å². The average Bonchev–Trinajstić information content (AvgIpc) is 3.36. The molecule has 47 heavy (non-hydrogen) atoms. The molecular formula is C38H42O9. The Bertz CT molecular complexity index is 1700. The van der Waals surface area contributed by atoms with E-state index in [-0.39, 0.29) is 48.6 Å². The van der Waals surface area contributed by atoms with Crippen LogP contribution in [0, 0.1) is 17.8 Å². The molecule has 2 aromatic rings. The molecular weight excluding hydrogens is 600 g/mol. The Morgan fingerprint density at radius 3 is 2.55 bits per heavy atom. The molecule has 5 aliphatic rings. The summed E-state index contributed by atoms with van der Waals surface area (Å²) >= 11 is 0. The minimum atomic E-state index is -1.39. The number of ether oxygens (including phenoxy) is 6. The van der Waals surface area contributed by atoms with E-state index in [0.29, 0.717) is 24.0 Å². The Labute approximate surface area is 275 Å². The van der Waals surface area contributed by atoms with Crippen LogP contribution in [0.1, 0.15) is 44.7 Å². The van der Waals surface area contributed by atoms with Crippen molar-refractivity contribution in [2.45, 2.75) is 75.3 Å². The third-order valence-electron chi connectivity index (χ3n) is 11.1. The first kappa shape index (κ1) is 31.8. The first-order valence-corrected chi connectivity index (χ1v) is 16.2. The van der Waals surface area contributed by atoms with Gasteiger partial charge in [0, 0.05) is 25.4 Å². The highest BCUT2D eigenvalue weighted by Crippen LogP contribution is 2.68. The lowest BCUT2D eigenvalue weighted by Crippen LogP contribution is -2.70. The second-order valence-corrected chi connectivity index (χ2v) is 13.8. The third-order valence-corrected chi connectivity index (χ3v) is 11.1. The predicted molar refractivity (Wildman–Crippen MR) is 171 cm³/mol. The standard InChI is InChI=1S/C38H42O9/c1-22(2)35-18-24(4)38-28(34(35)45-37(46-35,47-38)20-25-10-8-7-9-11-25)15-27(19-36(43-6)31(38)14-23(3)33(36)41)21-44-32(40)17-26-12-13-29(39)30(16-26)42-5/h7-16,24,28,31,34,39H,1,17-21H2,2-6H3/t24-,28+,31-,34+,35-,36-,37?,38-/m1/s1. The van der Waals surface area contributed by atoms with Crippen molar-refractivity contribution in [2.24, 2.45) is 17.8 Å². The summed E-state index contributed by atoms with van der Waals surface area (Å²) in [6.07, 6.45) is 4.83. The highest BCUT2D eigenvalue weighted by molar-refractivity contribution is 6.05. The molecule has 0 spiro atoms. The van der Waals surface area contributed by atoms with Gasteiger partial charge in [0.1, 0.15) is 23.9 Å². The van der Waals surface area contributed by atoms with Crippen LogP contribution in [0.4, 0.5) is 0 Å². The number of benzene rings is 2. The zero-order valence-corrected chi connectivity index (χ0v) is 27.5.